The number of carbonyl (C=O) groups excluding carboxylic acids is 1. The summed E-state index contributed by atoms with van der Waals surface area (Å²) in [7, 11) is 0. The molecule has 0 spiro atoms. The van der Waals surface area contributed by atoms with Crippen molar-refractivity contribution in [2.24, 2.45) is 0 Å². The number of aryl methyl sites for hydroxylation is 1. The number of hydrogen-bond acceptors (Lipinski definition) is 5. The van der Waals surface area contributed by atoms with Crippen LogP contribution >= 0.6 is 0 Å². The standard InChI is InChI=1S/C20H19N3O3/c1-3-25-15-8-10-16(11-9-15)26-19-7-5-4-6-17(19)23-20(24)18-13-21-14(2)12-22-18/h4-13H,3H2,1-2H3,(H,23,24). The van der Waals surface area contributed by atoms with Gasteiger partial charge in [0.25, 0.3) is 5.91 Å². The second-order valence-corrected chi connectivity index (χ2v) is 5.50. The highest BCUT2D eigenvalue weighted by Crippen LogP contribution is 2.30. The van der Waals surface area contributed by atoms with Gasteiger partial charge in [0.05, 0.1) is 24.2 Å². The fraction of sp³-hybridized carbons (Fsp3) is 0.150. The summed E-state index contributed by atoms with van der Waals surface area (Å²) < 4.78 is 11.3. The molecule has 0 aliphatic carbocycles. The Balaban J connectivity index is 1.75. The molecule has 0 atom stereocenters. The van der Waals surface area contributed by atoms with Gasteiger partial charge in [-0.3, -0.25) is 9.78 Å². The molecule has 1 amide bonds. The van der Waals surface area contributed by atoms with Gasteiger partial charge >= 0.3 is 0 Å². The van der Waals surface area contributed by atoms with E-state index in [2.05, 4.69) is 15.3 Å². The summed E-state index contributed by atoms with van der Waals surface area (Å²) in [6, 6.07) is 14.5. The van der Waals surface area contributed by atoms with Crippen molar-refractivity contribution in [3.63, 3.8) is 0 Å². The highest BCUT2D eigenvalue weighted by Gasteiger charge is 2.12. The zero-order valence-electron chi connectivity index (χ0n) is 14.6. The fourth-order valence-electron chi connectivity index (χ4n) is 2.25. The first-order valence-electron chi connectivity index (χ1n) is 8.25. The van der Waals surface area contributed by atoms with Gasteiger partial charge in [0.15, 0.2) is 5.75 Å². The van der Waals surface area contributed by atoms with Crippen LogP contribution in [0.2, 0.25) is 0 Å². The van der Waals surface area contributed by atoms with Crippen molar-refractivity contribution in [1.29, 1.82) is 0 Å². The van der Waals surface area contributed by atoms with E-state index < -0.39 is 0 Å². The van der Waals surface area contributed by atoms with Gasteiger partial charge in [-0.1, -0.05) is 12.1 Å². The molecule has 6 heteroatoms. The molecule has 0 fully saturated rings. The van der Waals surface area contributed by atoms with Crippen molar-refractivity contribution in [1.82, 2.24) is 9.97 Å². The molecule has 26 heavy (non-hydrogen) atoms. The molecule has 1 N–H and O–H groups in total. The number of amides is 1. The quantitative estimate of drug-likeness (QED) is 0.721. The first-order chi connectivity index (χ1) is 12.7. The van der Waals surface area contributed by atoms with Crippen LogP contribution in [0, 0.1) is 6.92 Å². The average Bonchev–Trinajstić information content (AvgIpc) is 2.65. The number of carbonyl (C=O) groups is 1. The number of aromatic nitrogens is 2. The molecule has 0 saturated heterocycles. The van der Waals surface area contributed by atoms with E-state index in [1.807, 2.05) is 50.2 Å². The number of benzene rings is 2. The van der Waals surface area contributed by atoms with E-state index in [0.717, 1.165) is 11.4 Å². The van der Waals surface area contributed by atoms with Gasteiger partial charge in [-0.05, 0) is 50.2 Å². The molecule has 0 radical (unpaired) electrons. The van der Waals surface area contributed by atoms with Gasteiger partial charge < -0.3 is 14.8 Å². The molecule has 0 aliphatic heterocycles. The lowest BCUT2D eigenvalue weighted by Gasteiger charge is -2.12. The predicted molar refractivity (Wildman–Crippen MR) is 98.8 cm³/mol. The van der Waals surface area contributed by atoms with Crippen LogP contribution in [-0.2, 0) is 0 Å². The third-order valence-electron chi connectivity index (χ3n) is 3.51. The van der Waals surface area contributed by atoms with Gasteiger partial charge in [0.2, 0.25) is 0 Å². The van der Waals surface area contributed by atoms with E-state index in [4.69, 9.17) is 9.47 Å². The third kappa shape index (κ3) is 4.36. The molecule has 132 valence electrons. The highest BCUT2D eigenvalue weighted by molar-refractivity contribution is 6.03. The molecule has 0 saturated carbocycles. The molecular formula is C20H19N3O3. The molecule has 0 bridgehead atoms. The predicted octanol–water partition coefficient (Wildman–Crippen LogP) is 4.23. The smallest absolute Gasteiger partial charge is 0.275 e. The maximum absolute atomic E-state index is 12.4. The molecular weight excluding hydrogens is 330 g/mol. The van der Waals surface area contributed by atoms with E-state index in [9.17, 15) is 4.79 Å². The lowest BCUT2D eigenvalue weighted by atomic mass is 10.2. The van der Waals surface area contributed by atoms with Crippen molar-refractivity contribution in [2.45, 2.75) is 13.8 Å². The van der Waals surface area contributed by atoms with E-state index in [-0.39, 0.29) is 11.6 Å². The third-order valence-corrected chi connectivity index (χ3v) is 3.51. The first-order valence-corrected chi connectivity index (χ1v) is 8.25. The molecule has 3 rings (SSSR count). The summed E-state index contributed by atoms with van der Waals surface area (Å²) in [4.78, 5) is 20.5. The Labute approximate surface area is 151 Å². The minimum absolute atomic E-state index is 0.242. The lowest BCUT2D eigenvalue weighted by Crippen LogP contribution is -2.14. The number of rotatable bonds is 6. The van der Waals surface area contributed by atoms with Crippen molar-refractivity contribution in [3.05, 3.63) is 72.3 Å². The highest BCUT2D eigenvalue weighted by atomic mass is 16.5. The average molecular weight is 349 g/mol. The number of para-hydroxylation sites is 2. The largest absolute Gasteiger partial charge is 0.494 e. The fourth-order valence-corrected chi connectivity index (χ4v) is 2.25. The minimum Gasteiger partial charge on any atom is -0.494 e. The van der Waals surface area contributed by atoms with E-state index in [0.29, 0.717) is 23.8 Å². The topological polar surface area (TPSA) is 73.3 Å². The molecule has 0 aliphatic rings. The second kappa shape index (κ2) is 8.11. The van der Waals surface area contributed by atoms with Gasteiger partial charge in [0, 0.05) is 6.20 Å². The molecule has 1 heterocycles. The van der Waals surface area contributed by atoms with Crippen molar-refractivity contribution < 1.29 is 14.3 Å². The second-order valence-electron chi connectivity index (χ2n) is 5.50. The summed E-state index contributed by atoms with van der Waals surface area (Å²) in [5.41, 5.74) is 1.54. The normalized spacial score (nSPS) is 10.2. The Bertz CT molecular complexity index is 878. The van der Waals surface area contributed by atoms with Crippen molar-refractivity contribution in [2.75, 3.05) is 11.9 Å². The number of hydrogen-bond donors (Lipinski definition) is 1. The molecule has 2 aromatic carbocycles. The summed E-state index contributed by atoms with van der Waals surface area (Å²) in [5, 5.41) is 2.81. The van der Waals surface area contributed by atoms with E-state index in [1.165, 1.54) is 6.20 Å². The van der Waals surface area contributed by atoms with Crippen LogP contribution in [0.5, 0.6) is 17.2 Å². The zero-order valence-corrected chi connectivity index (χ0v) is 14.6. The summed E-state index contributed by atoms with van der Waals surface area (Å²) in [6.45, 7) is 4.35. The monoisotopic (exact) mass is 349 g/mol. The Hall–Kier alpha value is -3.41. The van der Waals surface area contributed by atoms with Crippen molar-refractivity contribution in [3.8, 4) is 17.2 Å². The molecule has 0 unspecified atom stereocenters. The van der Waals surface area contributed by atoms with E-state index in [1.54, 1.807) is 18.3 Å². The van der Waals surface area contributed by atoms with Crippen LogP contribution in [0.1, 0.15) is 23.1 Å². The Morgan fingerprint density at radius 3 is 2.42 bits per heavy atom. The Kier molecular flexibility index (Phi) is 5.43. The molecule has 1 aromatic heterocycles. The number of nitrogens with one attached hydrogen (secondary N) is 1. The molecule has 6 nitrogen and oxygen atoms in total. The lowest BCUT2D eigenvalue weighted by molar-refractivity contribution is 0.102. The van der Waals surface area contributed by atoms with Gasteiger partial charge in [-0.15, -0.1) is 0 Å². The van der Waals surface area contributed by atoms with Crippen molar-refractivity contribution >= 4 is 11.6 Å². The van der Waals surface area contributed by atoms with Crippen LogP contribution in [-0.4, -0.2) is 22.5 Å². The maximum Gasteiger partial charge on any atom is 0.275 e. The van der Waals surface area contributed by atoms with Crippen LogP contribution in [0.15, 0.2) is 60.9 Å². The first kappa shape index (κ1) is 17.4. The summed E-state index contributed by atoms with van der Waals surface area (Å²) in [6.07, 6.45) is 3.00. The molecule has 3 aromatic rings. The van der Waals surface area contributed by atoms with Crippen LogP contribution in [0.3, 0.4) is 0 Å². The van der Waals surface area contributed by atoms with E-state index >= 15 is 0 Å². The summed E-state index contributed by atoms with van der Waals surface area (Å²) in [5.74, 6) is 1.61. The Morgan fingerprint density at radius 2 is 1.73 bits per heavy atom. The minimum atomic E-state index is -0.347. The zero-order chi connectivity index (χ0) is 18.4. The van der Waals surface area contributed by atoms with Crippen LogP contribution in [0.4, 0.5) is 5.69 Å². The van der Waals surface area contributed by atoms with Crippen LogP contribution in [0.25, 0.3) is 0 Å². The SMILES string of the molecule is CCOc1ccc(Oc2ccccc2NC(=O)c2cnc(C)cn2)cc1. The number of ether oxygens (including phenoxy) is 2. The maximum atomic E-state index is 12.4. The van der Waals surface area contributed by atoms with Crippen LogP contribution < -0.4 is 14.8 Å². The summed E-state index contributed by atoms with van der Waals surface area (Å²) >= 11 is 0. The van der Waals surface area contributed by atoms with Gasteiger partial charge in [-0.2, -0.15) is 0 Å². The number of nitrogens with zero attached hydrogens (tertiary/aromatic N) is 2. The van der Waals surface area contributed by atoms with Gasteiger partial charge in [0.1, 0.15) is 17.2 Å². The number of anilines is 1. The van der Waals surface area contributed by atoms with Gasteiger partial charge in [-0.25, -0.2) is 4.98 Å². The Morgan fingerprint density at radius 1 is 1.00 bits per heavy atom.